The van der Waals surface area contributed by atoms with Gasteiger partial charge in [0.1, 0.15) is 11.9 Å². The van der Waals surface area contributed by atoms with E-state index in [4.69, 9.17) is 4.42 Å². The predicted molar refractivity (Wildman–Crippen MR) is 86.8 cm³/mol. The number of nitrogens with zero attached hydrogens (tertiary/aromatic N) is 1. The number of nitrogens with one attached hydrogen (secondary N) is 1. The van der Waals surface area contributed by atoms with E-state index in [0.29, 0.717) is 24.4 Å². The summed E-state index contributed by atoms with van der Waals surface area (Å²) in [5.41, 5.74) is 1.12. The minimum absolute atomic E-state index is 0.333. The third kappa shape index (κ3) is 3.03. The van der Waals surface area contributed by atoms with Gasteiger partial charge < -0.3 is 14.8 Å². The standard InChI is InChI=1S/C16H18N2O3S/c1-11-2-3-12(14-17-6-7-21-14)10-13(11)18-15(19)16(20)4-8-22-9-5-16/h2-3,6-7,10,20H,4-5,8-9H2,1H3,(H,18,19). The summed E-state index contributed by atoms with van der Waals surface area (Å²) in [5, 5.41) is 13.3. The molecule has 0 spiro atoms. The van der Waals surface area contributed by atoms with Gasteiger partial charge in [-0.15, -0.1) is 0 Å². The van der Waals surface area contributed by atoms with Gasteiger partial charge in [0, 0.05) is 11.3 Å². The maximum absolute atomic E-state index is 12.4. The number of oxazole rings is 1. The first-order chi connectivity index (χ1) is 10.6. The second-order valence-corrected chi connectivity index (χ2v) is 6.69. The van der Waals surface area contributed by atoms with Gasteiger partial charge in [-0.2, -0.15) is 11.8 Å². The second kappa shape index (κ2) is 6.14. The first-order valence-corrected chi connectivity index (χ1v) is 8.36. The third-order valence-corrected chi connectivity index (χ3v) is 4.89. The second-order valence-electron chi connectivity index (χ2n) is 5.47. The normalized spacial score (nSPS) is 17.2. The minimum Gasteiger partial charge on any atom is -0.445 e. The number of aromatic nitrogens is 1. The van der Waals surface area contributed by atoms with Crippen molar-refractivity contribution in [3.05, 3.63) is 36.2 Å². The van der Waals surface area contributed by atoms with Gasteiger partial charge in [0.15, 0.2) is 0 Å². The van der Waals surface area contributed by atoms with Gasteiger partial charge in [0.25, 0.3) is 5.91 Å². The van der Waals surface area contributed by atoms with Crippen LogP contribution in [0.25, 0.3) is 11.5 Å². The summed E-state index contributed by atoms with van der Waals surface area (Å²) < 4.78 is 5.28. The van der Waals surface area contributed by atoms with E-state index in [9.17, 15) is 9.90 Å². The Balaban J connectivity index is 1.82. The highest BCUT2D eigenvalue weighted by molar-refractivity contribution is 7.99. The number of carbonyl (C=O) groups excluding carboxylic acids is 1. The van der Waals surface area contributed by atoms with Crippen molar-refractivity contribution >= 4 is 23.4 Å². The predicted octanol–water partition coefficient (Wildman–Crippen LogP) is 2.85. The molecule has 0 aliphatic carbocycles. The molecule has 22 heavy (non-hydrogen) atoms. The molecule has 6 heteroatoms. The lowest BCUT2D eigenvalue weighted by atomic mass is 9.95. The molecule has 0 bridgehead atoms. The molecule has 1 aromatic carbocycles. The van der Waals surface area contributed by atoms with Crippen LogP contribution in [0.4, 0.5) is 5.69 Å². The van der Waals surface area contributed by atoms with E-state index in [2.05, 4.69) is 10.3 Å². The number of benzene rings is 1. The molecule has 1 aliphatic heterocycles. The Bertz CT molecular complexity index is 664. The summed E-state index contributed by atoms with van der Waals surface area (Å²) in [5.74, 6) is 1.78. The highest BCUT2D eigenvalue weighted by atomic mass is 32.2. The van der Waals surface area contributed by atoms with Gasteiger partial charge in [-0.1, -0.05) is 6.07 Å². The van der Waals surface area contributed by atoms with E-state index < -0.39 is 5.60 Å². The zero-order chi connectivity index (χ0) is 15.6. The Morgan fingerprint density at radius 1 is 1.41 bits per heavy atom. The van der Waals surface area contributed by atoms with E-state index in [1.807, 2.05) is 25.1 Å². The summed E-state index contributed by atoms with van der Waals surface area (Å²) in [7, 11) is 0. The van der Waals surface area contributed by atoms with E-state index in [0.717, 1.165) is 22.6 Å². The Morgan fingerprint density at radius 3 is 2.86 bits per heavy atom. The van der Waals surface area contributed by atoms with Crippen LogP contribution in [-0.4, -0.2) is 33.1 Å². The summed E-state index contributed by atoms with van der Waals surface area (Å²) >= 11 is 1.76. The van der Waals surface area contributed by atoms with Gasteiger partial charge in [-0.05, 0) is 49.0 Å². The van der Waals surface area contributed by atoms with Crippen LogP contribution < -0.4 is 5.32 Å². The number of aryl methyl sites for hydroxylation is 1. The number of aliphatic hydroxyl groups is 1. The topological polar surface area (TPSA) is 75.4 Å². The van der Waals surface area contributed by atoms with Crippen molar-refractivity contribution in [1.82, 2.24) is 4.98 Å². The molecule has 2 heterocycles. The monoisotopic (exact) mass is 318 g/mol. The van der Waals surface area contributed by atoms with Gasteiger partial charge in [0.05, 0.1) is 6.20 Å². The quantitative estimate of drug-likeness (QED) is 0.910. The molecule has 1 saturated heterocycles. The molecule has 0 unspecified atom stereocenters. The number of hydrogen-bond acceptors (Lipinski definition) is 5. The van der Waals surface area contributed by atoms with Gasteiger partial charge in [0.2, 0.25) is 5.89 Å². The number of amides is 1. The van der Waals surface area contributed by atoms with Crippen molar-refractivity contribution < 1.29 is 14.3 Å². The number of hydrogen-bond donors (Lipinski definition) is 2. The smallest absolute Gasteiger partial charge is 0.256 e. The van der Waals surface area contributed by atoms with Crippen molar-refractivity contribution in [2.45, 2.75) is 25.4 Å². The maximum atomic E-state index is 12.4. The third-order valence-electron chi connectivity index (χ3n) is 3.91. The fourth-order valence-corrected chi connectivity index (χ4v) is 3.60. The summed E-state index contributed by atoms with van der Waals surface area (Å²) in [6.45, 7) is 1.91. The molecule has 2 aromatic rings. The van der Waals surface area contributed by atoms with Crippen LogP contribution in [0, 0.1) is 6.92 Å². The average Bonchev–Trinajstić information content (AvgIpc) is 3.04. The molecule has 1 fully saturated rings. The molecule has 0 radical (unpaired) electrons. The van der Waals surface area contributed by atoms with E-state index in [-0.39, 0.29) is 5.91 Å². The number of anilines is 1. The number of rotatable bonds is 3. The largest absolute Gasteiger partial charge is 0.445 e. The zero-order valence-electron chi connectivity index (χ0n) is 12.3. The fraction of sp³-hybridized carbons (Fsp3) is 0.375. The summed E-state index contributed by atoms with van der Waals surface area (Å²) in [6.07, 6.45) is 4.07. The van der Waals surface area contributed by atoms with E-state index in [1.54, 1.807) is 18.0 Å². The van der Waals surface area contributed by atoms with Crippen molar-refractivity contribution in [3.8, 4) is 11.5 Å². The van der Waals surface area contributed by atoms with Crippen LogP contribution in [0.1, 0.15) is 18.4 Å². The molecular weight excluding hydrogens is 300 g/mol. The molecule has 1 amide bonds. The lowest BCUT2D eigenvalue weighted by molar-refractivity contribution is -0.134. The van der Waals surface area contributed by atoms with Crippen LogP contribution >= 0.6 is 11.8 Å². The molecule has 1 aromatic heterocycles. The van der Waals surface area contributed by atoms with Crippen molar-refractivity contribution in [1.29, 1.82) is 0 Å². The molecular formula is C16H18N2O3S. The Morgan fingerprint density at radius 2 is 2.18 bits per heavy atom. The fourth-order valence-electron chi connectivity index (χ4n) is 2.43. The zero-order valence-corrected chi connectivity index (χ0v) is 13.2. The van der Waals surface area contributed by atoms with Crippen LogP contribution in [0.15, 0.2) is 35.1 Å². The maximum Gasteiger partial charge on any atom is 0.256 e. The van der Waals surface area contributed by atoms with E-state index in [1.165, 1.54) is 6.26 Å². The summed E-state index contributed by atoms with van der Waals surface area (Å²) in [4.78, 5) is 16.5. The highest BCUT2D eigenvalue weighted by Crippen LogP contribution is 2.30. The molecule has 0 saturated carbocycles. The highest BCUT2D eigenvalue weighted by Gasteiger charge is 2.37. The number of thioether (sulfide) groups is 1. The van der Waals surface area contributed by atoms with Crippen LogP contribution in [0.2, 0.25) is 0 Å². The van der Waals surface area contributed by atoms with Crippen molar-refractivity contribution in [2.24, 2.45) is 0 Å². The van der Waals surface area contributed by atoms with Crippen molar-refractivity contribution in [2.75, 3.05) is 16.8 Å². The number of carbonyl (C=O) groups is 1. The molecule has 116 valence electrons. The lowest BCUT2D eigenvalue weighted by Crippen LogP contribution is -2.45. The first kappa shape index (κ1) is 15.1. The van der Waals surface area contributed by atoms with Gasteiger partial charge in [-0.25, -0.2) is 4.98 Å². The van der Waals surface area contributed by atoms with Gasteiger partial charge in [-0.3, -0.25) is 4.79 Å². The summed E-state index contributed by atoms with van der Waals surface area (Å²) in [6, 6.07) is 5.61. The van der Waals surface area contributed by atoms with Crippen LogP contribution in [0.5, 0.6) is 0 Å². The lowest BCUT2D eigenvalue weighted by Gasteiger charge is -2.30. The Hall–Kier alpha value is -1.79. The van der Waals surface area contributed by atoms with E-state index >= 15 is 0 Å². The molecule has 5 nitrogen and oxygen atoms in total. The molecule has 1 aliphatic rings. The minimum atomic E-state index is -1.27. The molecule has 0 atom stereocenters. The van der Waals surface area contributed by atoms with Crippen LogP contribution in [0.3, 0.4) is 0 Å². The average molecular weight is 318 g/mol. The van der Waals surface area contributed by atoms with Gasteiger partial charge >= 0.3 is 0 Å². The SMILES string of the molecule is Cc1ccc(-c2ncco2)cc1NC(=O)C1(O)CCSCC1. The first-order valence-electron chi connectivity index (χ1n) is 7.21. The van der Waals surface area contributed by atoms with Crippen LogP contribution in [-0.2, 0) is 4.79 Å². The Kier molecular flexibility index (Phi) is 4.22. The molecule has 2 N–H and O–H groups in total. The molecule has 3 rings (SSSR count). The van der Waals surface area contributed by atoms with Crippen molar-refractivity contribution in [3.63, 3.8) is 0 Å². The Labute approximate surface area is 133 Å².